The SMILES string of the molecule is CC1CCNCC1Oc1cncc2nnnn12. The molecule has 2 atom stereocenters. The van der Waals surface area contributed by atoms with Gasteiger partial charge in [-0.2, -0.15) is 4.52 Å². The fraction of sp³-hybridized carbons (Fsp3) is 0.600. The van der Waals surface area contributed by atoms with Crippen LogP contribution in [-0.4, -0.2) is 44.2 Å². The van der Waals surface area contributed by atoms with Gasteiger partial charge in [-0.3, -0.25) is 4.98 Å². The summed E-state index contributed by atoms with van der Waals surface area (Å²) in [6, 6.07) is 0. The first-order chi connectivity index (χ1) is 8.34. The lowest BCUT2D eigenvalue weighted by Crippen LogP contribution is -2.43. The monoisotopic (exact) mass is 234 g/mol. The molecule has 7 nitrogen and oxygen atoms in total. The van der Waals surface area contributed by atoms with Crippen molar-refractivity contribution in [1.82, 2.24) is 30.3 Å². The number of rotatable bonds is 2. The third-order valence-corrected chi connectivity index (χ3v) is 3.11. The number of tetrazole rings is 1. The maximum absolute atomic E-state index is 5.93. The third-order valence-electron chi connectivity index (χ3n) is 3.11. The molecule has 0 aliphatic carbocycles. The summed E-state index contributed by atoms with van der Waals surface area (Å²) in [6.45, 7) is 4.09. The van der Waals surface area contributed by atoms with Crippen LogP contribution in [0, 0.1) is 5.92 Å². The zero-order chi connectivity index (χ0) is 11.7. The summed E-state index contributed by atoms with van der Waals surface area (Å²) in [6.07, 6.45) is 4.50. The van der Waals surface area contributed by atoms with Crippen molar-refractivity contribution in [3.63, 3.8) is 0 Å². The van der Waals surface area contributed by atoms with Crippen LogP contribution < -0.4 is 10.1 Å². The van der Waals surface area contributed by atoms with Gasteiger partial charge >= 0.3 is 0 Å². The van der Waals surface area contributed by atoms with Crippen molar-refractivity contribution in [2.75, 3.05) is 13.1 Å². The summed E-state index contributed by atoms with van der Waals surface area (Å²) in [4.78, 5) is 4.07. The van der Waals surface area contributed by atoms with Crippen LogP contribution in [-0.2, 0) is 0 Å². The fourth-order valence-electron chi connectivity index (χ4n) is 2.01. The summed E-state index contributed by atoms with van der Waals surface area (Å²) in [7, 11) is 0. The van der Waals surface area contributed by atoms with E-state index >= 15 is 0 Å². The highest BCUT2D eigenvalue weighted by atomic mass is 16.5. The molecule has 2 aromatic heterocycles. The topological polar surface area (TPSA) is 77.2 Å². The number of fused-ring (bicyclic) bond motifs is 1. The minimum Gasteiger partial charge on any atom is -0.472 e. The van der Waals surface area contributed by atoms with E-state index < -0.39 is 0 Å². The second-order valence-corrected chi connectivity index (χ2v) is 4.32. The molecular formula is C10H14N6O. The second-order valence-electron chi connectivity index (χ2n) is 4.32. The Hall–Kier alpha value is -1.76. The molecule has 17 heavy (non-hydrogen) atoms. The quantitative estimate of drug-likeness (QED) is 0.781. The Morgan fingerprint density at radius 1 is 1.47 bits per heavy atom. The van der Waals surface area contributed by atoms with Crippen LogP contribution in [0.1, 0.15) is 13.3 Å². The Bertz CT molecular complexity index is 512. The van der Waals surface area contributed by atoms with E-state index in [9.17, 15) is 0 Å². The normalized spacial score (nSPS) is 25.0. The molecular weight excluding hydrogens is 220 g/mol. The molecule has 0 saturated carbocycles. The van der Waals surface area contributed by atoms with Gasteiger partial charge in [0.1, 0.15) is 6.10 Å². The van der Waals surface area contributed by atoms with Crippen LogP contribution in [0.5, 0.6) is 5.88 Å². The van der Waals surface area contributed by atoms with E-state index in [0.717, 1.165) is 19.5 Å². The standard InChI is InChI=1S/C10H14N6O/c1-7-2-3-11-4-8(7)17-10-6-12-5-9-13-14-15-16(9)10/h5-8,11H,2-4H2,1H3. The van der Waals surface area contributed by atoms with Gasteiger partial charge in [0, 0.05) is 6.54 Å². The zero-order valence-corrected chi connectivity index (χ0v) is 9.58. The Labute approximate surface area is 98.2 Å². The van der Waals surface area contributed by atoms with Crippen molar-refractivity contribution in [3.05, 3.63) is 12.4 Å². The molecule has 1 N–H and O–H groups in total. The Morgan fingerprint density at radius 3 is 3.29 bits per heavy atom. The van der Waals surface area contributed by atoms with Gasteiger partial charge < -0.3 is 10.1 Å². The number of hydrogen-bond acceptors (Lipinski definition) is 6. The average molecular weight is 234 g/mol. The number of aromatic nitrogens is 5. The molecule has 3 heterocycles. The molecule has 1 aliphatic rings. The Balaban J connectivity index is 1.86. The van der Waals surface area contributed by atoms with Gasteiger partial charge in [0.2, 0.25) is 11.5 Å². The summed E-state index contributed by atoms with van der Waals surface area (Å²) < 4.78 is 7.50. The highest BCUT2D eigenvalue weighted by Gasteiger charge is 2.23. The van der Waals surface area contributed by atoms with Crippen LogP contribution in [0.25, 0.3) is 5.65 Å². The van der Waals surface area contributed by atoms with Crippen molar-refractivity contribution in [2.24, 2.45) is 5.92 Å². The summed E-state index contributed by atoms with van der Waals surface area (Å²) >= 11 is 0. The predicted octanol–water partition coefficient (Wildman–Crippen LogP) is -0.104. The number of nitrogens with zero attached hydrogens (tertiary/aromatic N) is 5. The van der Waals surface area contributed by atoms with Gasteiger partial charge in [0.15, 0.2) is 0 Å². The first-order valence-corrected chi connectivity index (χ1v) is 5.74. The number of hydrogen-bond donors (Lipinski definition) is 1. The summed E-state index contributed by atoms with van der Waals surface area (Å²) in [5, 5.41) is 14.6. The third kappa shape index (κ3) is 1.93. The van der Waals surface area contributed by atoms with Gasteiger partial charge in [-0.25, -0.2) is 0 Å². The van der Waals surface area contributed by atoms with E-state index in [4.69, 9.17) is 4.74 Å². The lowest BCUT2D eigenvalue weighted by Gasteiger charge is -2.29. The molecule has 2 aromatic rings. The summed E-state index contributed by atoms with van der Waals surface area (Å²) in [5.41, 5.74) is 0.596. The lowest BCUT2D eigenvalue weighted by atomic mass is 9.97. The smallest absolute Gasteiger partial charge is 0.237 e. The van der Waals surface area contributed by atoms with Crippen LogP contribution in [0.15, 0.2) is 12.4 Å². The van der Waals surface area contributed by atoms with Crippen LogP contribution in [0.4, 0.5) is 0 Å². The highest BCUT2D eigenvalue weighted by molar-refractivity contribution is 5.34. The number of piperidine rings is 1. The molecule has 3 rings (SSSR count). The van der Waals surface area contributed by atoms with Crippen molar-refractivity contribution in [1.29, 1.82) is 0 Å². The summed E-state index contributed by atoms with van der Waals surface area (Å²) in [5.74, 6) is 1.11. The fourth-order valence-corrected chi connectivity index (χ4v) is 2.01. The number of ether oxygens (including phenoxy) is 1. The maximum Gasteiger partial charge on any atom is 0.237 e. The van der Waals surface area contributed by atoms with E-state index in [1.54, 1.807) is 16.9 Å². The minimum absolute atomic E-state index is 0.139. The van der Waals surface area contributed by atoms with E-state index in [0.29, 0.717) is 17.4 Å². The second kappa shape index (κ2) is 4.25. The maximum atomic E-state index is 5.93. The molecule has 0 radical (unpaired) electrons. The van der Waals surface area contributed by atoms with E-state index in [1.165, 1.54) is 0 Å². The Kier molecular flexibility index (Phi) is 2.60. The largest absolute Gasteiger partial charge is 0.472 e. The van der Waals surface area contributed by atoms with E-state index in [2.05, 4.69) is 32.7 Å². The average Bonchev–Trinajstić information content (AvgIpc) is 2.81. The van der Waals surface area contributed by atoms with E-state index in [1.807, 2.05) is 0 Å². The number of nitrogens with one attached hydrogen (secondary N) is 1. The van der Waals surface area contributed by atoms with Crippen molar-refractivity contribution < 1.29 is 4.74 Å². The van der Waals surface area contributed by atoms with Gasteiger partial charge in [-0.05, 0) is 29.3 Å². The first kappa shape index (κ1) is 10.4. The first-order valence-electron chi connectivity index (χ1n) is 5.74. The van der Waals surface area contributed by atoms with Gasteiger partial charge in [-0.1, -0.05) is 6.92 Å². The van der Waals surface area contributed by atoms with E-state index in [-0.39, 0.29) is 6.10 Å². The molecule has 1 saturated heterocycles. The van der Waals surface area contributed by atoms with Crippen molar-refractivity contribution in [2.45, 2.75) is 19.4 Å². The van der Waals surface area contributed by atoms with Crippen LogP contribution >= 0.6 is 0 Å². The zero-order valence-electron chi connectivity index (χ0n) is 9.58. The lowest BCUT2D eigenvalue weighted by molar-refractivity contribution is 0.106. The minimum atomic E-state index is 0.139. The van der Waals surface area contributed by atoms with Gasteiger partial charge in [-0.15, -0.1) is 5.10 Å². The van der Waals surface area contributed by atoms with Gasteiger partial charge in [0.05, 0.1) is 12.4 Å². The molecule has 7 heteroatoms. The molecule has 90 valence electrons. The van der Waals surface area contributed by atoms with Crippen LogP contribution in [0.2, 0.25) is 0 Å². The van der Waals surface area contributed by atoms with Crippen molar-refractivity contribution >= 4 is 5.65 Å². The molecule has 1 fully saturated rings. The van der Waals surface area contributed by atoms with Crippen LogP contribution in [0.3, 0.4) is 0 Å². The molecule has 0 amide bonds. The van der Waals surface area contributed by atoms with Gasteiger partial charge in [0.25, 0.3) is 0 Å². The van der Waals surface area contributed by atoms with Crippen molar-refractivity contribution in [3.8, 4) is 5.88 Å². The predicted molar refractivity (Wildman–Crippen MR) is 59.6 cm³/mol. The highest BCUT2D eigenvalue weighted by Crippen LogP contribution is 2.18. The molecule has 0 bridgehead atoms. The Morgan fingerprint density at radius 2 is 2.41 bits per heavy atom. The molecule has 0 spiro atoms. The molecule has 0 aromatic carbocycles. The molecule has 2 unspecified atom stereocenters. The molecule has 1 aliphatic heterocycles.